The number of urea groups is 1. The van der Waals surface area contributed by atoms with Gasteiger partial charge < -0.3 is 30.7 Å². The summed E-state index contributed by atoms with van der Waals surface area (Å²) in [5.41, 5.74) is -0.0439. The summed E-state index contributed by atoms with van der Waals surface area (Å²) in [4.78, 5) is 61.5. The summed E-state index contributed by atoms with van der Waals surface area (Å²) in [5, 5.41) is 31.0. The molecule has 1 aliphatic carbocycles. The molecule has 0 radical (unpaired) electrons. The van der Waals surface area contributed by atoms with Crippen molar-refractivity contribution in [2.75, 3.05) is 13.7 Å². The standard InChI is InChI=1S/C35H44N8O6S/c1-34(2,3)39-33(48)37-25-11-9-7-5-6-8-10-22-19-35(22,32(46)47)38-29(44)26-18-23(20-42(26)31(25)45)43-40-27(21-12-14-24(49-4)15-13-21)28(41-43)30-36-16-17-50-30/h8,10,12-17,22-23,25-26H,5-7,9,11,18-20H2,1-4H3,(H,38,44)(H,46,47)(H2,37,39,48)/b10-8-/t22-,23+,25+,26-,35-/m0/s1. The lowest BCUT2D eigenvalue weighted by Gasteiger charge is -2.30. The van der Waals surface area contributed by atoms with Crippen LogP contribution in [0.1, 0.15) is 71.8 Å². The molecule has 0 bridgehead atoms. The maximum absolute atomic E-state index is 14.4. The largest absolute Gasteiger partial charge is 0.497 e. The van der Waals surface area contributed by atoms with Crippen molar-refractivity contribution in [3.8, 4) is 27.7 Å². The van der Waals surface area contributed by atoms with Crippen LogP contribution in [0.3, 0.4) is 0 Å². The van der Waals surface area contributed by atoms with Gasteiger partial charge in [0, 0.05) is 41.6 Å². The van der Waals surface area contributed by atoms with Gasteiger partial charge in [-0.15, -0.1) is 16.4 Å². The van der Waals surface area contributed by atoms with E-state index in [2.05, 4.69) is 20.9 Å². The molecule has 50 heavy (non-hydrogen) atoms. The number of rotatable bonds is 6. The number of carboxylic acids is 1. The van der Waals surface area contributed by atoms with Gasteiger partial charge in [-0.1, -0.05) is 25.0 Å². The van der Waals surface area contributed by atoms with E-state index in [9.17, 15) is 24.3 Å². The Morgan fingerprint density at radius 1 is 1.10 bits per heavy atom. The third-order valence-corrected chi connectivity index (χ3v) is 10.2. The molecule has 15 heteroatoms. The number of carbonyl (C=O) groups is 4. The highest BCUT2D eigenvalue weighted by molar-refractivity contribution is 7.13. The first-order chi connectivity index (χ1) is 23.9. The van der Waals surface area contributed by atoms with Gasteiger partial charge in [-0.05, 0) is 70.7 Å². The van der Waals surface area contributed by atoms with Crippen molar-refractivity contribution < 1.29 is 29.0 Å². The Labute approximate surface area is 294 Å². The fraction of sp³-hybridized carbons (Fsp3) is 0.514. The number of methoxy groups -OCH3 is 1. The number of carbonyl (C=O) groups excluding carboxylic acids is 3. The van der Waals surface area contributed by atoms with E-state index in [-0.39, 0.29) is 25.3 Å². The molecule has 266 valence electrons. The number of hydrogen-bond donors (Lipinski definition) is 4. The van der Waals surface area contributed by atoms with Crippen molar-refractivity contribution in [2.45, 2.75) is 94.9 Å². The minimum Gasteiger partial charge on any atom is -0.497 e. The van der Waals surface area contributed by atoms with Crippen molar-refractivity contribution in [2.24, 2.45) is 5.92 Å². The molecule has 1 saturated heterocycles. The Balaban J connectivity index is 1.35. The summed E-state index contributed by atoms with van der Waals surface area (Å²) in [6.07, 6.45) is 9.44. The zero-order valence-corrected chi connectivity index (χ0v) is 29.5. The Kier molecular flexibility index (Phi) is 9.96. The van der Waals surface area contributed by atoms with E-state index in [0.717, 1.165) is 24.8 Å². The number of nitrogens with one attached hydrogen (secondary N) is 3. The lowest BCUT2D eigenvalue weighted by molar-refractivity contribution is -0.145. The zero-order chi connectivity index (χ0) is 35.6. The number of benzene rings is 1. The van der Waals surface area contributed by atoms with Gasteiger partial charge >= 0.3 is 12.0 Å². The highest BCUT2D eigenvalue weighted by Crippen LogP contribution is 2.45. The first-order valence-corrected chi connectivity index (χ1v) is 17.9. The Bertz CT molecular complexity index is 1750. The topological polar surface area (TPSA) is 181 Å². The van der Waals surface area contributed by atoms with Crippen LogP contribution < -0.4 is 20.7 Å². The summed E-state index contributed by atoms with van der Waals surface area (Å²) in [6.45, 7) is 5.63. The zero-order valence-electron chi connectivity index (χ0n) is 28.7. The molecule has 4 N–H and O–H groups in total. The van der Waals surface area contributed by atoms with Crippen LogP contribution in [0, 0.1) is 5.92 Å². The smallest absolute Gasteiger partial charge is 0.330 e. The quantitative estimate of drug-likeness (QED) is 0.274. The van der Waals surface area contributed by atoms with E-state index in [0.29, 0.717) is 35.0 Å². The number of nitrogens with zero attached hydrogens (tertiary/aromatic N) is 5. The number of aromatic nitrogens is 4. The Hall–Kier alpha value is -4.79. The van der Waals surface area contributed by atoms with Crippen LogP contribution in [-0.4, -0.2) is 90.6 Å². The van der Waals surface area contributed by atoms with Crippen LogP contribution in [0.15, 0.2) is 48.0 Å². The second-order valence-corrected chi connectivity index (χ2v) is 15.1. The minimum atomic E-state index is -1.44. The predicted octanol–water partition coefficient (Wildman–Crippen LogP) is 4.17. The molecule has 0 unspecified atom stereocenters. The maximum Gasteiger partial charge on any atom is 0.330 e. The fourth-order valence-electron chi connectivity index (χ4n) is 6.69. The lowest BCUT2D eigenvalue weighted by atomic mass is 10.0. The highest BCUT2D eigenvalue weighted by atomic mass is 32.1. The van der Waals surface area contributed by atoms with Gasteiger partial charge in [-0.25, -0.2) is 14.6 Å². The van der Waals surface area contributed by atoms with E-state index in [1.54, 1.807) is 13.3 Å². The average molecular weight is 705 g/mol. The molecule has 4 amide bonds. The second-order valence-electron chi connectivity index (χ2n) is 14.2. The number of hydrogen-bond acceptors (Lipinski definition) is 9. The van der Waals surface area contributed by atoms with E-state index in [1.807, 2.05) is 62.6 Å². The summed E-state index contributed by atoms with van der Waals surface area (Å²) in [7, 11) is 1.59. The van der Waals surface area contributed by atoms with Gasteiger partial charge in [-0.3, -0.25) is 9.59 Å². The summed E-state index contributed by atoms with van der Waals surface area (Å²) in [5.74, 6) is -1.74. The van der Waals surface area contributed by atoms with Gasteiger partial charge in [0.1, 0.15) is 39.8 Å². The van der Waals surface area contributed by atoms with Crippen LogP contribution in [0.2, 0.25) is 0 Å². The van der Waals surface area contributed by atoms with E-state index in [4.69, 9.17) is 14.9 Å². The van der Waals surface area contributed by atoms with Gasteiger partial charge in [-0.2, -0.15) is 9.90 Å². The number of amides is 4. The molecule has 0 spiro atoms. The number of fused-ring (bicyclic) bond motifs is 2. The molecule has 6 rings (SSSR count). The van der Waals surface area contributed by atoms with Crippen LogP contribution in [-0.2, 0) is 14.4 Å². The molecule has 1 saturated carbocycles. The fourth-order valence-corrected chi connectivity index (χ4v) is 7.31. The number of ether oxygens (including phenoxy) is 1. The van der Waals surface area contributed by atoms with Crippen molar-refractivity contribution in [1.82, 2.24) is 40.8 Å². The lowest BCUT2D eigenvalue weighted by Crippen LogP contribution is -2.58. The van der Waals surface area contributed by atoms with Crippen LogP contribution in [0.5, 0.6) is 5.75 Å². The monoisotopic (exact) mass is 704 g/mol. The molecular weight excluding hydrogens is 661 g/mol. The predicted molar refractivity (Wildman–Crippen MR) is 186 cm³/mol. The molecule has 3 aliphatic rings. The molecule has 2 aliphatic heterocycles. The summed E-state index contributed by atoms with van der Waals surface area (Å²) >= 11 is 1.42. The van der Waals surface area contributed by atoms with Gasteiger partial charge in [0.2, 0.25) is 11.8 Å². The third kappa shape index (κ3) is 7.52. The molecule has 2 fully saturated rings. The van der Waals surface area contributed by atoms with Crippen LogP contribution in [0.25, 0.3) is 22.0 Å². The minimum absolute atomic E-state index is 0.0768. The summed E-state index contributed by atoms with van der Waals surface area (Å²) in [6, 6.07) is 4.49. The number of thiazole rings is 1. The van der Waals surface area contributed by atoms with Gasteiger partial charge in [0.05, 0.1) is 13.2 Å². The van der Waals surface area contributed by atoms with E-state index >= 15 is 0 Å². The van der Waals surface area contributed by atoms with Gasteiger partial charge in [0.25, 0.3) is 0 Å². The Morgan fingerprint density at radius 3 is 2.54 bits per heavy atom. The molecule has 4 heterocycles. The number of aliphatic carboxylic acids is 1. The molecule has 1 aromatic carbocycles. The van der Waals surface area contributed by atoms with Crippen LogP contribution in [0.4, 0.5) is 4.79 Å². The SMILES string of the molecule is COc1ccc(-c2nn([C@@H]3C[C@H]4C(=O)N[C@@]5(C(=O)O)C[C@@H]5/C=C\CCCCC[C@@H](NC(=O)NC(C)(C)C)C(=O)N4C3)nc2-c2nccs2)cc1. The normalized spacial score (nSPS) is 26.4. The summed E-state index contributed by atoms with van der Waals surface area (Å²) < 4.78 is 5.33. The van der Waals surface area contributed by atoms with Gasteiger partial charge in [0.15, 0.2) is 0 Å². The number of allylic oxidation sites excluding steroid dienone is 1. The molecule has 5 atom stereocenters. The number of carboxylic acid groups (broad SMARTS) is 1. The maximum atomic E-state index is 14.4. The van der Waals surface area contributed by atoms with Crippen molar-refractivity contribution >= 4 is 35.2 Å². The van der Waals surface area contributed by atoms with Crippen molar-refractivity contribution in [3.05, 3.63) is 48.0 Å². The Morgan fingerprint density at radius 2 is 1.86 bits per heavy atom. The highest BCUT2D eigenvalue weighted by Gasteiger charge is 2.61. The van der Waals surface area contributed by atoms with Crippen molar-refractivity contribution in [1.29, 1.82) is 0 Å². The van der Waals surface area contributed by atoms with Crippen molar-refractivity contribution in [3.63, 3.8) is 0 Å². The van der Waals surface area contributed by atoms with E-state index in [1.165, 1.54) is 21.0 Å². The second kappa shape index (κ2) is 14.2. The molecule has 14 nitrogen and oxygen atoms in total. The van der Waals surface area contributed by atoms with Crippen LogP contribution >= 0.6 is 11.3 Å². The average Bonchev–Trinajstić information content (AvgIpc) is 3.52. The third-order valence-electron chi connectivity index (χ3n) is 9.39. The molecule has 2 aromatic heterocycles. The first kappa shape index (κ1) is 35.1. The first-order valence-electron chi connectivity index (χ1n) is 17.0. The molecular formula is C35H44N8O6S. The van der Waals surface area contributed by atoms with E-state index < -0.39 is 53.0 Å². The molecule has 3 aromatic rings.